The zero-order chi connectivity index (χ0) is 8.43. The molecule has 1 nitrogen and oxygen atoms in total. The van der Waals surface area contributed by atoms with Crippen LogP contribution in [0.15, 0.2) is 0 Å². The Labute approximate surface area is 70.8 Å². The minimum atomic E-state index is 0.794. The van der Waals surface area contributed by atoms with Crippen molar-refractivity contribution in [1.29, 1.82) is 0 Å². The second-order valence-corrected chi connectivity index (χ2v) is 4.17. The molecule has 1 aliphatic heterocycles. The fourth-order valence-corrected chi connectivity index (χ4v) is 1.79. The molecule has 0 aromatic carbocycles. The number of likely N-dealkylation sites (tertiary alicyclic amines) is 1. The van der Waals surface area contributed by atoms with Crippen LogP contribution in [0.5, 0.6) is 0 Å². The first-order valence-electron chi connectivity index (χ1n) is 4.89. The summed E-state index contributed by atoms with van der Waals surface area (Å²) >= 11 is 0. The van der Waals surface area contributed by atoms with Gasteiger partial charge in [0.15, 0.2) is 0 Å². The van der Waals surface area contributed by atoms with Gasteiger partial charge in [0, 0.05) is 19.1 Å². The van der Waals surface area contributed by atoms with Crippen molar-refractivity contribution in [2.45, 2.75) is 40.2 Å². The predicted molar refractivity (Wildman–Crippen MR) is 49.7 cm³/mol. The Hall–Kier alpha value is -0.0400. The Kier molecular flexibility index (Phi) is 2.94. The summed E-state index contributed by atoms with van der Waals surface area (Å²) in [6.07, 6.45) is 1.29. The highest BCUT2D eigenvalue weighted by Gasteiger charge is 2.27. The smallest absolute Gasteiger partial charge is 0.00645 e. The van der Waals surface area contributed by atoms with Crippen LogP contribution >= 0.6 is 0 Å². The molecule has 0 aromatic heterocycles. The molecule has 11 heavy (non-hydrogen) atoms. The van der Waals surface area contributed by atoms with E-state index in [1.807, 2.05) is 0 Å². The third-order valence-electron chi connectivity index (χ3n) is 3.23. The quantitative estimate of drug-likeness (QED) is 0.592. The van der Waals surface area contributed by atoms with Crippen molar-refractivity contribution in [2.24, 2.45) is 11.8 Å². The van der Waals surface area contributed by atoms with Gasteiger partial charge in [0.2, 0.25) is 0 Å². The lowest BCUT2D eigenvalue weighted by Gasteiger charge is -2.22. The van der Waals surface area contributed by atoms with E-state index in [1.54, 1.807) is 0 Å². The topological polar surface area (TPSA) is 3.24 Å². The molecule has 3 unspecified atom stereocenters. The molecule has 1 heteroatoms. The molecule has 0 spiro atoms. The first kappa shape index (κ1) is 9.05. The molecule has 0 aromatic rings. The number of rotatable bonds is 2. The zero-order valence-corrected chi connectivity index (χ0v) is 8.30. The van der Waals surface area contributed by atoms with Crippen LogP contribution in [0.4, 0.5) is 0 Å². The van der Waals surface area contributed by atoms with Gasteiger partial charge in [-0.1, -0.05) is 20.8 Å². The standard InChI is InChI=1S/C10H21N/c1-5-10(4)11-6-8(2)9(3)7-11/h8-10H,5-7H2,1-4H3. The van der Waals surface area contributed by atoms with E-state index >= 15 is 0 Å². The third kappa shape index (κ3) is 1.96. The van der Waals surface area contributed by atoms with Crippen LogP contribution < -0.4 is 0 Å². The molecule has 1 heterocycles. The number of nitrogens with zero attached hydrogens (tertiary/aromatic N) is 1. The van der Waals surface area contributed by atoms with E-state index < -0.39 is 0 Å². The van der Waals surface area contributed by atoms with Crippen LogP contribution in [0, 0.1) is 11.8 Å². The molecule has 0 aliphatic carbocycles. The van der Waals surface area contributed by atoms with Crippen molar-refractivity contribution >= 4 is 0 Å². The summed E-state index contributed by atoms with van der Waals surface area (Å²) < 4.78 is 0. The van der Waals surface area contributed by atoms with Crippen molar-refractivity contribution in [2.75, 3.05) is 13.1 Å². The molecule has 0 radical (unpaired) electrons. The highest BCUT2D eigenvalue weighted by atomic mass is 15.2. The first-order valence-corrected chi connectivity index (χ1v) is 4.89. The lowest BCUT2D eigenvalue weighted by atomic mass is 10.0. The summed E-state index contributed by atoms with van der Waals surface area (Å²) in [6, 6.07) is 0.794. The van der Waals surface area contributed by atoms with Gasteiger partial charge in [0.25, 0.3) is 0 Å². The molecular weight excluding hydrogens is 134 g/mol. The molecule has 1 rings (SSSR count). The lowest BCUT2D eigenvalue weighted by Crippen LogP contribution is -2.30. The molecule has 1 saturated heterocycles. The molecular formula is C10H21N. The molecule has 0 amide bonds. The minimum absolute atomic E-state index is 0.794. The minimum Gasteiger partial charge on any atom is -0.300 e. The molecule has 0 N–H and O–H groups in total. The van der Waals surface area contributed by atoms with Crippen molar-refractivity contribution in [3.05, 3.63) is 0 Å². The van der Waals surface area contributed by atoms with Gasteiger partial charge < -0.3 is 4.90 Å². The van der Waals surface area contributed by atoms with Crippen LogP contribution in [0.1, 0.15) is 34.1 Å². The van der Waals surface area contributed by atoms with Gasteiger partial charge in [-0.3, -0.25) is 0 Å². The molecule has 3 atom stereocenters. The van der Waals surface area contributed by atoms with Gasteiger partial charge in [-0.05, 0) is 25.2 Å². The first-order chi connectivity index (χ1) is 5.15. The highest BCUT2D eigenvalue weighted by Crippen LogP contribution is 2.24. The van der Waals surface area contributed by atoms with Crippen molar-refractivity contribution in [3.8, 4) is 0 Å². The monoisotopic (exact) mass is 155 g/mol. The lowest BCUT2D eigenvalue weighted by molar-refractivity contribution is 0.242. The fourth-order valence-electron chi connectivity index (χ4n) is 1.79. The van der Waals surface area contributed by atoms with Gasteiger partial charge in [-0.15, -0.1) is 0 Å². The van der Waals surface area contributed by atoms with Crippen LogP contribution in [0.25, 0.3) is 0 Å². The van der Waals surface area contributed by atoms with Gasteiger partial charge in [0.05, 0.1) is 0 Å². The molecule has 1 fully saturated rings. The number of hydrogen-bond donors (Lipinski definition) is 0. The molecule has 0 saturated carbocycles. The van der Waals surface area contributed by atoms with E-state index in [0.29, 0.717) is 0 Å². The van der Waals surface area contributed by atoms with Crippen LogP contribution in [0.3, 0.4) is 0 Å². The van der Waals surface area contributed by atoms with E-state index in [2.05, 4.69) is 32.6 Å². The Bertz CT molecular complexity index is 112. The van der Waals surface area contributed by atoms with Gasteiger partial charge >= 0.3 is 0 Å². The van der Waals surface area contributed by atoms with E-state index in [1.165, 1.54) is 19.5 Å². The zero-order valence-electron chi connectivity index (χ0n) is 8.30. The Morgan fingerprint density at radius 3 is 2.09 bits per heavy atom. The second kappa shape index (κ2) is 3.57. The third-order valence-corrected chi connectivity index (χ3v) is 3.23. The van der Waals surface area contributed by atoms with E-state index in [0.717, 1.165) is 17.9 Å². The summed E-state index contributed by atoms with van der Waals surface area (Å²) in [7, 11) is 0. The van der Waals surface area contributed by atoms with E-state index in [9.17, 15) is 0 Å². The maximum atomic E-state index is 2.62. The number of hydrogen-bond acceptors (Lipinski definition) is 1. The fraction of sp³-hybridized carbons (Fsp3) is 1.00. The van der Waals surface area contributed by atoms with Crippen LogP contribution in [0.2, 0.25) is 0 Å². The highest BCUT2D eigenvalue weighted by molar-refractivity contribution is 4.81. The van der Waals surface area contributed by atoms with Crippen LogP contribution in [-0.4, -0.2) is 24.0 Å². The van der Waals surface area contributed by atoms with E-state index in [-0.39, 0.29) is 0 Å². The Balaban J connectivity index is 2.40. The van der Waals surface area contributed by atoms with Gasteiger partial charge in [-0.2, -0.15) is 0 Å². The Morgan fingerprint density at radius 2 is 1.73 bits per heavy atom. The molecule has 0 bridgehead atoms. The second-order valence-electron chi connectivity index (χ2n) is 4.17. The average Bonchev–Trinajstić information content (AvgIpc) is 2.31. The SMILES string of the molecule is CCC(C)N1CC(C)C(C)C1. The van der Waals surface area contributed by atoms with Crippen molar-refractivity contribution in [3.63, 3.8) is 0 Å². The molecule has 1 aliphatic rings. The molecule has 66 valence electrons. The Morgan fingerprint density at radius 1 is 1.27 bits per heavy atom. The van der Waals surface area contributed by atoms with Crippen molar-refractivity contribution in [1.82, 2.24) is 4.90 Å². The largest absolute Gasteiger partial charge is 0.300 e. The van der Waals surface area contributed by atoms with Gasteiger partial charge in [-0.25, -0.2) is 0 Å². The average molecular weight is 155 g/mol. The summed E-state index contributed by atoms with van der Waals surface area (Å²) in [5.41, 5.74) is 0. The summed E-state index contributed by atoms with van der Waals surface area (Å²) in [6.45, 7) is 12.0. The summed E-state index contributed by atoms with van der Waals surface area (Å²) in [5.74, 6) is 1.81. The summed E-state index contributed by atoms with van der Waals surface area (Å²) in [4.78, 5) is 2.62. The van der Waals surface area contributed by atoms with Gasteiger partial charge in [0.1, 0.15) is 0 Å². The predicted octanol–water partition coefficient (Wildman–Crippen LogP) is 2.37. The summed E-state index contributed by atoms with van der Waals surface area (Å²) in [5, 5.41) is 0. The van der Waals surface area contributed by atoms with E-state index in [4.69, 9.17) is 0 Å². The normalized spacial score (nSPS) is 36.0. The maximum absolute atomic E-state index is 2.62. The maximum Gasteiger partial charge on any atom is 0.00645 e. The van der Waals surface area contributed by atoms with Crippen molar-refractivity contribution < 1.29 is 0 Å². The van der Waals surface area contributed by atoms with Crippen LogP contribution in [-0.2, 0) is 0 Å².